The van der Waals surface area contributed by atoms with Gasteiger partial charge in [0.15, 0.2) is 5.76 Å². The summed E-state index contributed by atoms with van der Waals surface area (Å²) < 4.78 is 11.4. The predicted molar refractivity (Wildman–Crippen MR) is 123 cm³/mol. The summed E-state index contributed by atoms with van der Waals surface area (Å²) in [5, 5.41) is 4.41. The van der Waals surface area contributed by atoms with Crippen molar-refractivity contribution in [2.24, 2.45) is 5.92 Å². The number of methoxy groups -OCH3 is 1. The van der Waals surface area contributed by atoms with Gasteiger partial charge in [0, 0.05) is 73.7 Å². The van der Waals surface area contributed by atoms with E-state index >= 15 is 0 Å². The van der Waals surface area contributed by atoms with Gasteiger partial charge in [-0.05, 0) is 24.6 Å². The first-order chi connectivity index (χ1) is 15.6. The summed E-state index contributed by atoms with van der Waals surface area (Å²) in [7, 11) is 1.63. The number of ether oxygens (including phenoxy) is 1. The maximum atomic E-state index is 13.6. The van der Waals surface area contributed by atoms with Gasteiger partial charge in [0.05, 0.1) is 7.11 Å². The molecule has 5 heterocycles. The fourth-order valence-electron chi connectivity index (χ4n) is 6.32. The molecular formula is C26H29N3O3. The van der Waals surface area contributed by atoms with Crippen LogP contribution >= 0.6 is 0 Å². The number of fused-ring (bicyclic) bond motifs is 2. The first kappa shape index (κ1) is 19.8. The van der Waals surface area contributed by atoms with Gasteiger partial charge in [0.25, 0.3) is 5.91 Å². The van der Waals surface area contributed by atoms with Crippen molar-refractivity contribution >= 4 is 16.9 Å². The molecule has 3 aromatic rings. The average Bonchev–Trinajstić information content (AvgIpc) is 2.94. The Morgan fingerprint density at radius 2 is 1.81 bits per heavy atom. The Hall–Kier alpha value is -2.83. The molecule has 0 aliphatic carbocycles. The molecule has 1 N–H and O–H groups in total. The highest BCUT2D eigenvalue weighted by atomic mass is 16.5. The Balaban J connectivity index is 1.38. The maximum absolute atomic E-state index is 13.6. The molecule has 32 heavy (non-hydrogen) atoms. The number of hydrogen-bond donors (Lipinski definition) is 1. The summed E-state index contributed by atoms with van der Waals surface area (Å²) in [6.07, 6.45) is 0. The monoisotopic (exact) mass is 431 g/mol. The molecule has 0 radical (unpaired) electrons. The summed E-state index contributed by atoms with van der Waals surface area (Å²) in [6, 6.07) is 16.5. The highest BCUT2D eigenvalue weighted by Gasteiger charge is 2.55. The molecule has 4 aliphatic heterocycles. The minimum absolute atomic E-state index is 0.0742. The van der Waals surface area contributed by atoms with Crippen LogP contribution in [0.4, 0.5) is 0 Å². The summed E-state index contributed by atoms with van der Waals surface area (Å²) in [5.74, 6) is 1.41. The second kappa shape index (κ2) is 7.36. The molecule has 1 amide bonds. The number of carbonyl (C=O) groups is 1. The van der Waals surface area contributed by atoms with Gasteiger partial charge in [0.1, 0.15) is 11.3 Å². The van der Waals surface area contributed by atoms with E-state index in [2.05, 4.69) is 45.4 Å². The molecule has 1 aromatic heterocycles. The van der Waals surface area contributed by atoms with E-state index in [0.717, 1.165) is 56.0 Å². The van der Waals surface area contributed by atoms with Crippen molar-refractivity contribution in [3.8, 4) is 5.75 Å². The number of carbonyl (C=O) groups excluding carboxylic acids is 1. The Labute approximate surface area is 188 Å². The molecule has 3 unspecified atom stereocenters. The number of hydrogen-bond acceptors (Lipinski definition) is 5. The van der Waals surface area contributed by atoms with Crippen LogP contribution in [-0.4, -0.2) is 68.1 Å². The Morgan fingerprint density at radius 1 is 1.09 bits per heavy atom. The lowest BCUT2D eigenvalue weighted by atomic mass is 9.64. The molecule has 4 saturated heterocycles. The zero-order chi connectivity index (χ0) is 21.9. The molecule has 0 saturated carbocycles. The molecule has 2 aromatic carbocycles. The molecule has 6 nitrogen and oxygen atoms in total. The minimum atomic E-state index is -0.117. The lowest BCUT2D eigenvalue weighted by molar-refractivity contribution is 0.0175. The van der Waals surface area contributed by atoms with Crippen LogP contribution in [0, 0.1) is 12.8 Å². The normalized spacial score (nSPS) is 30.9. The molecule has 6 heteroatoms. The van der Waals surface area contributed by atoms with Gasteiger partial charge in [0.2, 0.25) is 0 Å². The van der Waals surface area contributed by atoms with Gasteiger partial charge in [-0.2, -0.15) is 0 Å². The van der Waals surface area contributed by atoms with Crippen LogP contribution < -0.4 is 10.1 Å². The summed E-state index contributed by atoms with van der Waals surface area (Å²) in [6.45, 7) is 8.20. The third-order valence-electron chi connectivity index (χ3n) is 7.78. The van der Waals surface area contributed by atoms with Gasteiger partial charge < -0.3 is 24.3 Å². The summed E-state index contributed by atoms with van der Waals surface area (Å²) >= 11 is 0. The Morgan fingerprint density at radius 3 is 2.50 bits per heavy atom. The average molecular weight is 432 g/mol. The predicted octanol–water partition coefficient (Wildman–Crippen LogP) is 3.05. The largest absolute Gasteiger partial charge is 0.497 e. The van der Waals surface area contributed by atoms with Gasteiger partial charge in [-0.3, -0.25) is 4.79 Å². The number of piperidine rings is 2. The lowest BCUT2D eigenvalue weighted by Gasteiger charge is -2.55. The Bertz CT molecular complexity index is 1160. The SMILES string of the molecule is COc1ccc2c(C)c(C(=O)NC3C4CN5CCN(C4)CC3(c3ccccc3)C5)oc2c1. The molecule has 7 rings (SSSR count). The molecule has 4 bridgehead atoms. The smallest absolute Gasteiger partial charge is 0.287 e. The molecule has 3 atom stereocenters. The van der Waals surface area contributed by atoms with Crippen molar-refractivity contribution in [1.82, 2.24) is 15.1 Å². The van der Waals surface area contributed by atoms with Gasteiger partial charge in [-0.25, -0.2) is 0 Å². The van der Waals surface area contributed by atoms with Crippen LogP contribution in [0.15, 0.2) is 52.9 Å². The van der Waals surface area contributed by atoms with E-state index in [0.29, 0.717) is 17.3 Å². The van der Waals surface area contributed by atoms with Crippen LogP contribution in [0.5, 0.6) is 5.75 Å². The number of nitrogens with zero attached hydrogens (tertiary/aromatic N) is 2. The molecule has 0 spiro atoms. The van der Waals surface area contributed by atoms with Crippen LogP contribution in [0.2, 0.25) is 0 Å². The topological polar surface area (TPSA) is 58.0 Å². The number of rotatable bonds is 4. The fraction of sp³-hybridized carbons (Fsp3) is 0.423. The van der Waals surface area contributed by atoms with E-state index in [1.807, 2.05) is 25.1 Å². The highest BCUT2D eigenvalue weighted by Crippen LogP contribution is 2.43. The van der Waals surface area contributed by atoms with Crippen LogP contribution in [0.25, 0.3) is 11.0 Å². The van der Waals surface area contributed by atoms with Crippen molar-refractivity contribution in [2.75, 3.05) is 46.4 Å². The van der Waals surface area contributed by atoms with Crippen molar-refractivity contribution < 1.29 is 13.9 Å². The van der Waals surface area contributed by atoms with Gasteiger partial charge in [-0.15, -0.1) is 0 Å². The molecular weight excluding hydrogens is 402 g/mol. The van der Waals surface area contributed by atoms with Crippen LogP contribution in [0.3, 0.4) is 0 Å². The fourth-order valence-corrected chi connectivity index (χ4v) is 6.32. The van der Waals surface area contributed by atoms with Crippen LogP contribution in [-0.2, 0) is 5.41 Å². The van der Waals surface area contributed by atoms with E-state index in [4.69, 9.17) is 9.15 Å². The van der Waals surface area contributed by atoms with Gasteiger partial charge in [-0.1, -0.05) is 30.3 Å². The van der Waals surface area contributed by atoms with E-state index in [-0.39, 0.29) is 17.4 Å². The summed E-state index contributed by atoms with van der Waals surface area (Å²) in [4.78, 5) is 18.8. The molecule has 166 valence electrons. The van der Waals surface area contributed by atoms with E-state index < -0.39 is 0 Å². The number of benzene rings is 2. The van der Waals surface area contributed by atoms with Crippen molar-refractivity contribution in [3.05, 3.63) is 65.4 Å². The van der Waals surface area contributed by atoms with Crippen LogP contribution in [0.1, 0.15) is 21.7 Å². The zero-order valence-corrected chi connectivity index (χ0v) is 18.6. The highest BCUT2D eigenvalue weighted by molar-refractivity contribution is 5.99. The maximum Gasteiger partial charge on any atom is 0.287 e. The standard InChI is InChI=1S/C26H29N3O3/c1-17-21-9-8-20(31-2)12-22(21)32-23(17)25(30)27-24-18-13-28-10-11-29(14-18)16-26(24,15-28)19-6-4-3-5-7-19/h3-9,12,18,24H,10-11,13-16H2,1-2H3,(H,27,30). The lowest BCUT2D eigenvalue weighted by Crippen LogP contribution is -2.70. The third-order valence-corrected chi connectivity index (χ3v) is 7.78. The molecule has 4 fully saturated rings. The first-order valence-corrected chi connectivity index (χ1v) is 11.5. The quantitative estimate of drug-likeness (QED) is 0.688. The first-order valence-electron chi connectivity index (χ1n) is 11.5. The number of furan rings is 1. The van der Waals surface area contributed by atoms with Gasteiger partial charge >= 0.3 is 0 Å². The van der Waals surface area contributed by atoms with Crippen molar-refractivity contribution in [3.63, 3.8) is 0 Å². The number of amides is 1. The van der Waals surface area contributed by atoms with E-state index in [1.54, 1.807) is 7.11 Å². The minimum Gasteiger partial charge on any atom is -0.497 e. The van der Waals surface area contributed by atoms with E-state index in [9.17, 15) is 4.79 Å². The molecule has 4 aliphatic rings. The third kappa shape index (κ3) is 2.97. The second-order valence-electron chi connectivity index (χ2n) is 9.62. The Kier molecular flexibility index (Phi) is 4.56. The second-order valence-corrected chi connectivity index (χ2v) is 9.62. The van der Waals surface area contributed by atoms with E-state index in [1.165, 1.54) is 5.56 Å². The zero-order valence-electron chi connectivity index (χ0n) is 18.6. The summed E-state index contributed by atoms with van der Waals surface area (Å²) in [5.41, 5.74) is 2.77. The number of aryl methyl sites for hydroxylation is 1. The van der Waals surface area contributed by atoms with Crippen molar-refractivity contribution in [2.45, 2.75) is 18.4 Å². The van der Waals surface area contributed by atoms with Crippen molar-refractivity contribution in [1.29, 1.82) is 0 Å². The number of nitrogens with one attached hydrogen (secondary N) is 1.